The van der Waals surface area contributed by atoms with E-state index in [4.69, 9.17) is 16.6 Å². The number of ketones is 1. The number of fused-ring (bicyclic) bond motifs is 3. The van der Waals surface area contributed by atoms with Crippen LogP contribution in [0.3, 0.4) is 0 Å². The number of carbonyl (C=O) groups is 1. The van der Waals surface area contributed by atoms with Crippen molar-refractivity contribution in [1.82, 2.24) is 14.0 Å². The molecule has 6 heteroatoms. The maximum absolute atomic E-state index is 12.5. The van der Waals surface area contributed by atoms with Crippen LogP contribution in [0.5, 0.6) is 0 Å². The zero-order valence-corrected chi connectivity index (χ0v) is 13.4. The van der Waals surface area contributed by atoms with Crippen LogP contribution in [0.25, 0.3) is 0 Å². The van der Waals surface area contributed by atoms with Crippen LogP contribution >= 0.6 is 11.8 Å². The van der Waals surface area contributed by atoms with Crippen LogP contribution < -0.4 is 0 Å². The van der Waals surface area contributed by atoms with Gasteiger partial charge in [-0.1, -0.05) is 30.3 Å². The molecule has 2 aliphatic rings. The van der Waals surface area contributed by atoms with E-state index in [0.29, 0.717) is 26.1 Å². The third-order valence-corrected chi connectivity index (χ3v) is 4.86. The number of benzene rings is 1. The molecule has 1 fully saturated rings. The molecule has 0 radical (unpaired) electrons. The molecule has 0 N–H and O–H groups in total. The van der Waals surface area contributed by atoms with Gasteiger partial charge in [-0.05, 0) is 29.5 Å². The third kappa shape index (κ3) is 2.70. The Morgan fingerprint density at radius 1 is 1.17 bits per heavy atom. The van der Waals surface area contributed by atoms with E-state index in [1.165, 1.54) is 0 Å². The number of rotatable bonds is 3. The highest BCUT2D eigenvalue weighted by molar-refractivity contribution is 6.14. The summed E-state index contributed by atoms with van der Waals surface area (Å²) in [5, 5.41) is 1.80. The maximum Gasteiger partial charge on any atom is 0.157 e. The van der Waals surface area contributed by atoms with Crippen molar-refractivity contribution in [3.63, 3.8) is 0 Å². The van der Waals surface area contributed by atoms with Crippen LogP contribution in [-0.2, 0) is 22.8 Å². The number of carbonyl (C=O) groups excluding carboxylic acids is 1. The Morgan fingerprint density at radius 3 is 2.83 bits per heavy atom. The Bertz CT molecular complexity index is 703. The van der Waals surface area contributed by atoms with Crippen LogP contribution in [0.1, 0.15) is 23.8 Å². The number of nitrogens with zero attached hydrogens (tertiary/aromatic N) is 3. The van der Waals surface area contributed by atoms with Crippen molar-refractivity contribution >= 4 is 17.6 Å². The largest absolute Gasteiger partial charge is 0.331 e. The summed E-state index contributed by atoms with van der Waals surface area (Å²) in [6.45, 7) is 1.59. The zero-order valence-electron chi connectivity index (χ0n) is 12.6. The Balaban J connectivity index is 1.60. The van der Waals surface area contributed by atoms with Gasteiger partial charge in [0, 0.05) is 24.9 Å². The van der Waals surface area contributed by atoms with Gasteiger partial charge in [-0.3, -0.25) is 9.63 Å². The molecule has 0 bridgehead atoms. The topological polar surface area (TPSA) is 37.7 Å². The second-order valence-electron chi connectivity index (χ2n) is 5.94. The molecule has 1 aromatic heterocycles. The number of hydrogen-bond donors (Lipinski definition) is 0. The van der Waals surface area contributed by atoms with E-state index in [1.807, 2.05) is 48.7 Å². The van der Waals surface area contributed by atoms with Crippen LogP contribution in [0, 0.1) is 0 Å². The highest BCUT2D eigenvalue weighted by Gasteiger charge is 2.45. The van der Waals surface area contributed by atoms with Gasteiger partial charge < -0.3 is 4.57 Å². The number of aromatic nitrogens is 1. The maximum atomic E-state index is 12.5. The SMILES string of the molecule is O=C1CCN(Cl)C2C1N(OCc1ccccc1)Cc1cccn12. The van der Waals surface area contributed by atoms with E-state index < -0.39 is 0 Å². The Morgan fingerprint density at radius 2 is 2.00 bits per heavy atom. The summed E-state index contributed by atoms with van der Waals surface area (Å²) >= 11 is 6.40. The molecule has 120 valence electrons. The summed E-state index contributed by atoms with van der Waals surface area (Å²) in [5.41, 5.74) is 2.18. The van der Waals surface area contributed by atoms with Crippen LogP contribution in [0.4, 0.5) is 0 Å². The number of halogens is 1. The summed E-state index contributed by atoms with van der Waals surface area (Å²) in [4.78, 5) is 18.5. The summed E-state index contributed by atoms with van der Waals surface area (Å²) in [6.07, 6.45) is 2.22. The second-order valence-corrected chi connectivity index (χ2v) is 6.37. The molecule has 23 heavy (non-hydrogen) atoms. The lowest BCUT2D eigenvalue weighted by Crippen LogP contribution is -2.57. The van der Waals surface area contributed by atoms with Crippen molar-refractivity contribution in [3.05, 3.63) is 59.9 Å². The molecule has 4 rings (SSSR count). The van der Waals surface area contributed by atoms with Gasteiger partial charge in [0.1, 0.15) is 12.2 Å². The third-order valence-electron chi connectivity index (χ3n) is 4.49. The molecule has 5 nitrogen and oxygen atoms in total. The minimum Gasteiger partial charge on any atom is -0.331 e. The smallest absolute Gasteiger partial charge is 0.157 e. The summed E-state index contributed by atoms with van der Waals surface area (Å²) in [6, 6.07) is 13.6. The minimum atomic E-state index is -0.370. The monoisotopic (exact) mass is 331 g/mol. The van der Waals surface area contributed by atoms with Crippen molar-refractivity contribution in [2.45, 2.75) is 31.8 Å². The van der Waals surface area contributed by atoms with Crippen molar-refractivity contribution in [2.75, 3.05) is 6.54 Å². The van der Waals surface area contributed by atoms with Crippen LogP contribution in [0.2, 0.25) is 0 Å². The first-order valence-electron chi connectivity index (χ1n) is 7.78. The van der Waals surface area contributed by atoms with Crippen molar-refractivity contribution in [2.24, 2.45) is 0 Å². The van der Waals surface area contributed by atoms with Gasteiger partial charge in [-0.2, -0.15) is 9.48 Å². The summed E-state index contributed by atoms with van der Waals surface area (Å²) in [7, 11) is 0. The van der Waals surface area contributed by atoms with Gasteiger partial charge in [0.2, 0.25) is 0 Å². The normalized spacial score (nSPS) is 25.2. The molecular weight excluding hydrogens is 314 g/mol. The molecule has 2 aromatic rings. The van der Waals surface area contributed by atoms with Crippen molar-refractivity contribution < 1.29 is 9.63 Å². The van der Waals surface area contributed by atoms with Gasteiger partial charge in [0.15, 0.2) is 5.78 Å². The predicted molar refractivity (Wildman–Crippen MR) is 86.2 cm³/mol. The van der Waals surface area contributed by atoms with E-state index >= 15 is 0 Å². The average Bonchev–Trinajstić information content (AvgIpc) is 3.04. The summed E-state index contributed by atoms with van der Waals surface area (Å²) in [5.74, 6) is 0.180. The fourth-order valence-electron chi connectivity index (χ4n) is 3.35. The molecule has 3 heterocycles. The zero-order chi connectivity index (χ0) is 15.8. The Kier molecular flexibility index (Phi) is 3.95. The predicted octanol–water partition coefficient (Wildman–Crippen LogP) is 2.73. The van der Waals surface area contributed by atoms with Gasteiger partial charge in [0.05, 0.1) is 13.2 Å². The molecule has 2 unspecified atom stereocenters. The number of hydroxylamine groups is 2. The van der Waals surface area contributed by atoms with Crippen LogP contribution in [-0.4, -0.2) is 32.4 Å². The molecule has 2 aliphatic heterocycles. The molecular formula is C17H18ClN3O2. The van der Waals surface area contributed by atoms with E-state index in [2.05, 4.69) is 4.57 Å². The number of piperidine rings is 1. The lowest BCUT2D eigenvalue weighted by atomic mass is 9.99. The molecule has 0 saturated carbocycles. The lowest BCUT2D eigenvalue weighted by Gasteiger charge is -2.45. The van der Waals surface area contributed by atoms with Crippen LogP contribution in [0.15, 0.2) is 48.7 Å². The first-order chi connectivity index (χ1) is 11.2. The van der Waals surface area contributed by atoms with E-state index in [-0.39, 0.29) is 18.0 Å². The van der Waals surface area contributed by atoms with Gasteiger partial charge in [-0.15, -0.1) is 0 Å². The second kappa shape index (κ2) is 6.09. The van der Waals surface area contributed by atoms with Crippen molar-refractivity contribution in [3.8, 4) is 0 Å². The highest BCUT2D eigenvalue weighted by atomic mass is 35.5. The standard InChI is InChI=1S/C17H18ClN3O2/c18-20-10-8-15(22)16-17(20)19-9-4-7-14(19)11-21(16)23-12-13-5-2-1-3-6-13/h1-7,9,16-17H,8,10-12H2. The van der Waals surface area contributed by atoms with E-state index in [0.717, 1.165) is 11.3 Å². The molecule has 0 aliphatic carbocycles. The first-order valence-corrected chi connectivity index (χ1v) is 8.12. The van der Waals surface area contributed by atoms with Gasteiger partial charge >= 0.3 is 0 Å². The lowest BCUT2D eigenvalue weighted by molar-refractivity contribution is -0.230. The molecule has 2 atom stereocenters. The van der Waals surface area contributed by atoms with Gasteiger partial charge in [0.25, 0.3) is 0 Å². The average molecular weight is 332 g/mol. The van der Waals surface area contributed by atoms with E-state index in [1.54, 1.807) is 9.48 Å². The Labute approximate surface area is 140 Å². The highest BCUT2D eigenvalue weighted by Crippen LogP contribution is 2.36. The fourth-order valence-corrected chi connectivity index (χ4v) is 3.64. The molecule has 1 saturated heterocycles. The first kappa shape index (κ1) is 14.9. The van der Waals surface area contributed by atoms with E-state index in [9.17, 15) is 4.79 Å². The number of Topliss-reactive ketones (excluding diaryl/α,β-unsaturated/α-hetero) is 1. The van der Waals surface area contributed by atoms with Gasteiger partial charge in [-0.25, -0.2) is 0 Å². The number of hydrogen-bond acceptors (Lipinski definition) is 4. The molecule has 0 spiro atoms. The fraction of sp³-hybridized carbons (Fsp3) is 0.353. The quantitative estimate of drug-likeness (QED) is 0.811. The Hall–Kier alpha value is -1.66. The molecule has 0 amide bonds. The van der Waals surface area contributed by atoms with Crippen molar-refractivity contribution in [1.29, 1.82) is 0 Å². The minimum absolute atomic E-state index is 0.180. The molecule has 1 aromatic carbocycles. The summed E-state index contributed by atoms with van der Waals surface area (Å²) < 4.78 is 3.80.